The molecule has 0 spiro atoms. The van der Waals surface area contributed by atoms with E-state index < -0.39 is 10.0 Å². The molecule has 8 heteroatoms. The van der Waals surface area contributed by atoms with Gasteiger partial charge >= 0.3 is 0 Å². The number of hydrogen-bond acceptors (Lipinski definition) is 4. The summed E-state index contributed by atoms with van der Waals surface area (Å²) in [7, 11) is -3.47. The van der Waals surface area contributed by atoms with Crippen molar-refractivity contribution in [2.24, 2.45) is 5.92 Å². The summed E-state index contributed by atoms with van der Waals surface area (Å²) in [6, 6.07) is 0. The normalized spacial score (nSPS) is 19.0. The minimum absolute atomic E-state index is 0. The lowest BCUT2D eigenvalue weighted by atomic mass is 10.1. The van der Waals surface area contributed by atoms with Crippen LogP contribution in [0.3, 0.4) is 0 Å². The highest BCUT2D eigenvalue weighted by Gasteiger charge is 2.20. The van der Waals surface area contributed by atoms with Crippen molar-refractivity contribution in [1.29, 1.82) is 0 Å². The van der Waals surface area contributed by atoms with Gasteiger partial charge in [-0.15, -0.1) is 12.4 Å². The van der Waals surface area contributed by atoms with Crippen LogP contribution in [0.5, 0.6) is 0 Å². The summed E-state index contributed by atoms with van der Waals surface area (Å²) in [6.07, 6.45) is 3.60. The molecule has 0 radical (unpaired) electrons. The number of halogens is 1. The predicted molar refractivity (Wildman–Crippen MR) is 80.7 cm³/mol. The molecule has 0 saturated carbocycles. The molecule has 1 aliphatic rings. The molecule has 20 heavy (non-hydrogen) atoms. The number of rotatable bonds is 6. The molecule has 1 saturated heterocycles. The van der Waals surface area contributed by atoms with Gasteiger partial charge in [0.25, 0.3) is 10.0 Å². The van der Waals surface area contributed by atoms with E-state index in [2.05, 4.69) is 15.0 Å². The van der Waals surface area contributed by atoms with Crippen LogP contribution >= 0.6 is 12.4 Å². The van der Waals surface area contributed by atoms with E-state index in [1.807, 2.05) is 18.4 Å². The van der Waals surface area contributed by atoms with Gasteiger partial charge in [-0.3, -0.25) is 0 Å². The van der Waals surface area contributed by atoms with E-state index in [1.54, 1.807) is 6.20 Å². The molecule has 2 N–H and O–H groups in total. The van der Waals surface area contributed by atoms with Crippen molar-refractivity contribution in [3.8, 4) is 0 Å². The predicted octanol–water partition coefficient (Wildman–Crippen LogP) is 0.911. The maximum absolute atomic E-state index is 12.1. The largest absolute Gasteiger partial charge is 0.334 e. The maximum atomic E-state index is 12.1. The summed E-state index contributed by atoms with van der Waals surface area (Å²) >= 11 is 0. The minimum atomic E-state index is -3.47. The second-order valence-electron chi connectivity index (χ2n) is 4.96. The molecule has 2 heterocycles. The third-order valence-electron chi connectivity index (χ3n) is 3.58. The highest BCUT2D eigenvalue weighted by Crippen LogP contribution is 2.13. The van der Waals surface area contributed by atoms with E-state index in [4.69, 9.17) is 0 Å². The number of hydrogen-bond donors (Lipinski definition) is 2. The zero-order chi connectivity index (χ0) is 13.9. The Labute approximate surface area is 126 Å². The minimum Gasteiger partial charge on any atom is -0.334 e. The van der Waals surface area contributed by atoms with Crippen molar-refractivity contribution in [2.45, 2.75) is 38.3 Å². The van der Waals surface area contributed by atoms with Gasteiger partial charge in [0, 0.05) is 19.3 Å². The number of nitrogens with one attached hydrogen (secondary N) is 2. The van der Waals surface area contributed by atoms with Crippen LogP contribution in [0, 0.1) is 12.8 Å². The first kappa shape index (κ1) is 17.4. The van der Waals surface area contributed by atoms with Gasteiger partial charge in [0.1, 0.15) is 5.82 Å². The lowest BCUT2D eigenvalue weighted by Crippen LogP contribution is -2.27. The Hall–Kier alpha value is -0.630. The maximum Gasteiger partial charge on any atom is 0.259 e. The second-order valence-corrected chi connectivity index (χ2v) is 6.67. The third-order valence-corrected chi connectivity index (χ3v) is 4.91. The monoisotopic (exact) mass is 322 g/mol. The molecular formula is C12H23ClN4O2S. The molecule has 1 aromatic heterocycles. The van der Waals surface area contributed by atoms with Gasteiger partial charge in [-0.25, -0.2) is 18.1 Å². The fraction of sp³-hybridized carbons (Fsp3) is 0.750. The standard InChI is InChI=1S/C12H22N4O2S.ClH/c1-3-16-9-12(15-10(16)2)19(17,18)14-7-5-11-4-6-13-8-11;/h9,11,13-14H,3-8H2,1-2H3;1H. The quantitative estimate of drug-likeness (QED) is 0.816. The smallest absolute Gasteiger partial charge is 0.259 e. The SMILES string of the molecule is CCn1cc(S(=O)(=O)NCCC2CCNC2)nc1C.Cl. The van der Waals surface area contributed by atoms with Crippen LogP contribution in [0.1, 0.15) is 25.6 Å². The molecule has 1 aromatic rings. The Morgan fingerprint density at radius 1 is 1.55 bits per heavy atom. The summed E-state index contributed by atoms with van der Waals surface area (Å²) in [4.78, 5) is 4.10. The van der Waals surface area contributed by atoms with Gasteiger partial charge < -0.3 is 9.88 Å². The summed E-state index contributed by atoms with van der Waals surface area (Å²) in [5.41, 5.74) is 0. The van der Waals surface area contributed by atoms with E-state index in [9.17, 15) is 8.42 Å². The fourth-order valence-electron chi connectivity index (χ4n) is 2.36. The van der Waals surface area contributed by atoms with Crippen LogP contribution in [-0.4, -0.2) is 37.6 Å². The average molecular weight is 323 g/mol. The Morgan fingerprint density at radius 2 is 2.30 bits per heavy atom. The highest BCUT2D eigenvalue weighted by molar-refractivity contribution is 7.89. The number of aromatic nitrogens is 2. The highest BCUT2D eigenvalue weighted by atomic mass is 35.5. The van der Waals surface area contributed by atoms with Gasteiger partial charge in [-0.2, -0.15) is 0 Å². The molecule has 1 fully saturated rings. The Morgan fingerprint density at radius 3 is 2.85 bits per heavy atom. The molecule has 0 bridgehead atoms. The molecule has 0 aromatic carbocycles. The van der Waals surface area contributed by atoms with E-state index >= 15 is 0 Å². The van der Waals surface area contributed by atoms with E-state index in [0.717, 1.165) is 38.3 Å². The number of aryl methyl sites for hydroxylation is 2. The van der Waals surface area contributed by atoms with Crippen molar-refractivity contribution in [1.82, 2.24) is 19.6 Å². The number of sulfonamides is 1. The molecule has 1 unspecified atom stereocenters. The molecule has 1 aliphatic heterocycles. The van der Waals surface area contributed by atoms with E-state index in [0.29, 0.717) is 12.5 Å². The van der Waals surface area contributed by atoms with Crippen LogP contribution in [0.2, 0.25) is 0 Å². The Bertz CT molecular complexity index is 524. The van der Waals surface area contributed by atoms with Gasteiger partial charge in [-0.1, -0.05) is 0 Å². The third kappa shape index (κ3) is 4.18. The average Bonchev–Trinajstić information content (AvgIpc) is 2.98. The van der Waals surface area contributed by atoms with Gasteiger partial charge in [0.05, 0.1) is 0 Å². The zero-order valence-corrected chi connectivity index (χ0v) is 13.6. The van der Waals surface area contributed by atoms with Crippen molar-refractivity contribution in [3.05, 3.63) is 12.0 Å². The molecule has 116 valence electrons. The van der Waals surface area contributed by atoms with Gasteiger partial charge in [0.15, 0.2) is 5.03 Å². The van der Waals surface area contributed by atoms with Gasteiger partial charge in [-0.05, 0) is 45.7 Å². The molecule has 6 nitrogen and oxygen atoms in total. The number of imidazole rings is 1. The molecule has 1 atom stereocenters. The summed E-state index contributed by atoms with van der Waals surface area (Å²) in [6.45, 7) is 7.01. The first-order valence-electron chi connectivity index (χ1n) is 6.77. The van der Waals surface area contributed by atoms with Crippen LogP contribution in [-0.2, 0) is 16.6 Å². The van der Waals surface area contributed by atoms with E-state index in [1.165, 1.54) is 0 Å². The molecule has 2 rings (SSSR count). The fourth-order valence-corrected chi connectivity index (χ4v) is 3.41. The van der Waals surface area contributed by atoms with Crippen LogP contribution < -0.4 is 10.0 Å². The lowest BCUT2D eigenvalue weighted by Gasteiger charge is -2.08. The Balaban J connectivity index is 0.00000200. The summed E-state index contributed by atoms with van der Waals surface area (Å²) in [5.74, 6) is 1.31. The molecule has 0 amide bonds. The van der Waals surface area contributed by atoms with Crippen molar-refractivity contribution in [2.75, 3.05) is 19.6 Å². The lowest BCUT2D eigenvalue weighted by molar-refractivity contribution is 0.518. The second kappa shape index (κ2) is 7.40. The van der Waals surface area contributed by atoms with Crippen LogP contribution in [0.15, 0.2) is 11.2 Å². The summed E-state index contributed by atoms with van der Waals surface area (Å²) < 4.78 is 28.6. The first-order valence-corrected chi connectivity index (χ1v) is 8.25. The first-order chi connectivity index (χ1) is 9.03. The Kier molecular flexibility index (Phi) is 6.44. The topological polar surface area (TPSA) is 76.0 Å². The van der Waals surface area contributed by atoms with Crippen LogP contribution in [0.25, 0.3) is 0 Å². The van der Waals surface area contributed by atoms with Crippen molar-refractivity contribution >= 4 is 22.4 Å². The van der Waals surface area contributed by atoms with Gasteiger partial charge in [0.2, 0.25) is 0 Å². The zero-order valence-electron chi connectivity index (χ0n) is 11.9. The summed E-state index contributed by atoms with van der Waals surface area (Å²) in [5, 5.41) is 3.40. The number of nitrogens with zero attached hydrogens (tertiary/aromatic N) is 2. The molecule has 0 aliphatic carbocycles. The van der Waals surface area contributed by atoms with Crippen molar-refractivity contribution in [3.63, 3.8) is 0 Å². The molecular weight excluding hydrogens is 300 g/mol. The van der Waals surface area contributed by atoms with E-state index in [-0.39, 0.29) is 17.4 Å². The van der Waals surface area contributed by atoms with Crippen molar-refractivity contribution < 1.29 is 8.42 Å². The van der Waals surface area contributed by atoms with Crippen LogP contribution in [0.4, 0.5) is 0 Å².